The topological polar surface area (TPSA) is 49.4 Å². The first-order chi connectivity index (χ1) is 11.8. The molecule has 1 aliphatic rings. The van der Waals surface area contributed by atoms with Crippen molar-refractivity contribution in [3.05, 3.63) is 34.9 Å². The van der Waals surface area contributed by atoms with Gasteiger partial charge in [0.15, 0.2) is 0 Å². The Balaban J connectivity index is 1.96. The highest BCUT2D eigenvalue weighted by Crippen LogP contribution is 2.29. The van der Waals surface area contributed by atoms with Crippen molar-refractivity contribution in [3.8, 4) is 0 Å². The second-order valence-electron chi connectivity index (χ2n) is 7.54. The fraction of sp³-hybridized carbons (Fsp3) is 0.600. The number of halogens is 1. The third-order valence-electron chi connectivity index (χ3n) is 4.90. The summed E-state index contributed by atoms with van der Waals surface area (Å²) >= 11 is 5.96. The van der Waals surface area contributed by atoms with E-state index in [1.54, 1.807) is 0 Å². The van der Waals surface area contributed by atoms with E-state index in [1.165, 1.54) is 5.56 Å². The van der Waals surface area contributed by atoms with E-state index in [2.05, 4.69) is 17.4 Å². The average Bonchev–Trinajstić information content (AvgIpc) is 2.59. The molecule has 1 aliphatic heterocycles. The normalized spacial score (nSPS) is 17.0. The molecular formula is C20H29ClN2O2. The van der Waals surface area contributed by atoms with Crippen molar-refractivity contribution in [2.24, 2.45) is 11.8 Å². The van der Waals surface area contributed by atoms with Crippen LogP contribution in [0.25, 0.3) is 0 Å². The van der Waals surface area contributed by atoms with E-state index < -0.39 is 6.04 Å². The fourth-order valence-corrected chi connectivity index (χ4v) is 3.32. The lowest BCUT2D eigenvalue weighted by Crippen LogP contribution is -2.53. The summed E-state index contributed by atoms with van der Waals surface area (Å²) in [7, 11) is 0. The van der Waals surface area contributed by atoms with Crippen molar-refractivity contribution >= 4 is 23.4 Å². The highest BCUT2D eigenvalue weighted by molar-refractivity contribution is 6.30. The van der Waals surface area contributed by atoms with Gasteiger partial charge in [-0.3, -0.25) is 9.59 Å². The zero-order chi connectivity index (χ0) is 18.6. The van der Waals surface area contributed by atoms with Crippen molar-refractivity contribution in [2.45, 2.75) is 52.5 Å². The van der Waals surface area contributed by atoms with Crippen LogP contribution in [-0.2, 0) is 9.59 Å². The van der Waals surface area contributed by atoms with Crippen molar-refractivity contribution in [3.63, 3.8) is 0 Å². The van der Waals surface area contributed by atoms with Crippen LogP contribution in [0.1, 0.15) is 52.0 Å². The number of carbonyl (C=O) groups is 2. The van der Waals surface area contributed by atoms with Gasteiger partial charge in [-0.1, -0.05) is 51.4 Å². The molecule has 0 aliphatic carbocycles. The van der Waals surface area contributed by atoms with Gasteiger partial charge in [0.2, 0.25) is 11.8 Å². The molecule has 25 heavy (non-hydrogen) atoms. The molecule has 0 bridgehead atoms. The summed E-state index contributed by atoms with van der Waals surface area (Å²) in [5.41, 5.74) is 1.28. The van der Waals surface area contributed by atoms with Crippen LogP contribution < -0.4 is 5.32 Å². The highest BCUT2D eigenvalue weighted by atomic mass is 35.5. The molecule has 2 amide bonds. The van der Waals surface area contributed by atoms with Gasteiger partial charge in [0, 0.05) is 24.0 Å². The predicted octanol–water partition coefficient (Wildman–Crippen LogP) is 3.84. The highest BCUT2D eigenvalue weighted by Gasteiger charge is 2.31. The minimum absolute atomic E-state index is 0.0403. The van der Waals surface area contributed by atoms with E-state index in [0.29, 0.717) is 5.92 Å². The van der Waals surface area contributed by atoms with Crippen LogP contribution in [0.15, 0.2) is 24.3 Å². The molecule has 4 nitrogen and oxygen atoms in total. The molecule has 2 rings (SSSR count). The number of nitrogens with one attached hydrogen (secondary N) is 1. The second-order valence-corrected chi connectivity index (χ2v) is 7.97. The molecule has 138 valence electrons. The third-order valence-corrected chi connectivity index (χ3v) is 5.15. The maximum absolute atomic E-state index is 12.9. The van der Waals surface area contributed by atoms with Crippen LogP contribution in [0.4, 0.5) is 0 Å². The van der Waals surface area contributed by atoms with E-state index in [1.807, 2.05) is 44.7 Å². The maximum atomic E-state index is 12.9. The molecule has 0 saturated carbocycles. The van der Waals surface area contributed by atoms with E-state index in [4.69, 9.17) is 11.6 Å². The Hall–Kier alpha value is -1.55. The molecule has 1 aromatic rings. The van der Waals surface area contributed by atoms with Gasteiger partial charge < -0.3 is 10.2 Å². The number of carbonyl (C=O) groups excluding carboxylic acids is 2. The van der Waals surface area contributed by atoms with E-state index in [9.17, 15) is 9.59 Å². The second kappa shape index (κ2) is 8.70. The first-order valence-corrected chi connectivity index (χ1v) is 9.52. The van der Waals surface area contributed by atoms with Crippen molar-refractivity contribution in [2.75, 3.05) is 13.1 Å². The van der Waals surface area contributed by atoms with Crippen molar-refractivity contribution < 1.29 is 9.59 Å². The van der Waals surface area contributed by atoms with Crippen LogP contribution in [0, 0.1) is 11.8 Å². The minimum atomic E-state index is -0.443. The number of piperidine rings is 1. The maximum Gasteiger partial charge on any atom is 0.245 e. The lowest BCUT2D eigenvalue weighted by Gasteiger charge is -2.35. The molecule has 1 aromatic carbocycles. The Morgan fingerprint density at radius 3 is 2.12 bits per heavy atom. The van der Waals surface area contributed by atoms with Gasteiger partial charge in [-0.25, -0.2) is 0 Å². The molecule has 1 unspecified atom stereocenters. The molecule has 5 heteroatoms. The molecule has 0 aromatic heterocycles. The summed E-state index contributed by atoms with van der Waals surface area (Å²) < 4.78 is 0. The number of nitrogens with zero attached hydrogens (tertiary/aromatic N) is 1. The van der Waals surface area contributed by atoms with Gasteiger partial charge in [0.05, 0.1) is 0 Å². The number of benzene rings is 1. The lowest BCUT2D eigenvalue weighted by molar-refractivity contribution is -0.139. The quantitative estimate of drug-likeness (QED) is 0.862. The number of amides is 2. The molecule has 0 spiro atoms. The summed E-state index contributed by atoms with van der Waals surface area (Å²) in [4.78, 5) is 26.8. The first kappa shape index (κ1) is 19.8. The monoisotopic (exact) mass is 364 g/mol. The zero-order valence-corrected chi connectivity index (χ0v) is 16.3. The third kappa shape index (κ3) is 5.21. The standard InChI is InChI=1S/C20H29ClN2O2/c1-13(2)18(22-19(24)14(3)4)20(25)23-11-9-16(10-12-23)15-5-7-17(21)8-6-15/h5-8,13-14,16,18H,9-12H2,1-4H3,(H,22,24). The van der Waals surface area contributed by atoms with Crippen molar-refractivity contribution in [1.29, 1.82) is 0 Å². The first-order valence-electron chi connectivity index (χ1n) is 9.14. The average molecular weight is 365 g/mol. The molecule has 1 saturated heterocycles. The minimum Gasteiger partial charge on any atom is -0.344 e. The van der Waals surface area contributed by atoms with Gasteiger partial charge in [-0.05, 0) is 42.4 Å². The van der Waals surface area contributed by atoms with Crippen LogP contribution in [-0.4, -0.2) is 35.8 Å². The van der Waals surface area contributed by atoms with Gasteiger partial charge in [-0.15, -0.1) is 0 Å². The Kier molecular flexibility index (Phi) is 6.88. The Morgan fingerprint density at radius 1 is 1.08 bits per heavy atom. The van der Waals surface area contributed by atoms with Crippen LogP contribution in [0.2, 0.25) is 5.02 Å². The zero-order valence-electron chi connectivity index (χ0n) is 15.6. The Morgan fingerprint density at radius 2 is 1.64 bits per heavy atom. The Bertz CT molecular complexity index is 590. The van der Waals surface area contributed by atoms with Crippen LogP contribution in [0.3, 0.4) is 0 Å². The largest absolute Gasteiger partial charge is 0.344 e. The van der Waals surface area contributed by atoms with E-state index in [0.717, 1.165) is 31.0 Å². The van der Waals surface area contributed by atoms with Crippen molar-refractivity contribution in [1.82, 2.24) is 10.2 Å². The fourth-order valence-electron chi connectivity index (χ4n) is 3.20. The molecule has 1 atom stereocenters. The van der Waals surface area contributed by atoms with Crippen LogP contribution >= 0.6 is 11.6 Å². The summed E-state index contributed by atoms with van der Waals surface area (Å²) in [6.45, 7) is 9.09. The molecule has 1 heterocycles. The van der Waals surface area contributed by atoms with Gasteiger partial charge >= 0.3 is 0 Å². The van der Waals surface area contributed by atoms with Gasteiger partial charge in [-0.2, -0.15) is 0 Å². The summed E-state index contributed by atoms with van der Waals surface area (Å²) in [6, 6.07) is 7.55. The summed E-state index contributed by atoms with van der Waals surface area (Å²) in [5, 5.41) is 3.66. The number of rotatable bonds is 5. The van der Waals surface area contributed by atoms with Gasteiger partial charge in [0.25, 0.3) is 0 Å². The molecule has 0 radical (unpaired) electrons. The van der Waals surface area contributed by atoms with E-state index in [-0.39, 0.29) is 23.7 Å². The molecule has 1 N–H and O–H groups in total. The predicted molar refractivity (Wildman–Crippen MR) is 102 cm³/mol. The number of hydrogen-bond donors (Lipinski definition) is 1. The number of hydrogen-bond acceptors (Lipinski definition) is 2. The number of likely N-dealkylation sites (tertiary alicyclic amines) is 1. The van der Waals surface area contributed by atoms with Gasteiger partial charge in [0.1, 0.15) is 6.04 Å². The summed E-state index contributed by atoms with van der Waals surface area (Å²) in [5.74, 6) is 0.389. The Labute approximate surface area is 155 Å². The van der Waals surface area contributed by atoms with Crippen LogP contribution in [0.5, 0.6) is 0 Å². The summed E-state index contributed by atoms with van der Waals surface area (Å²) in [6.07, 6.45) is 1.88. The SMILES string of the molecule is CC(C)C(=O)NC(C(=O)N1CCC(c2ccc(Cl)cc2)CC1)C(C)C. The smallest absolute Gasteiger partial charge is 0.245 e. The molecular weight excluding hydrogens is 336 g/mol. The lowest BCUT2D eigenvalue weighted by atomic mass is 9.89. The van der Waals surface area contributed by atoms with E-state index >= 15 is 0 Å². The molecule has 1 fully saturated rings.